The number of carboxylic acid groups (broad SMARTS) is 1. The first-order valence-electron chi connectivity index (χ1n) is 6.42. The van der Waals surface area contributed by atoms with Gasteiger partial charge in [0.2, 0.25) is 0 Å². The first-order valence-corrected chi connectivity index (χ1v) is 6.80. The van der Waals surface area contributed by atoms with Gasteiger partial charge < -0.3 is 14.6 Å². The summed E-state index contributed by atoms with van der Waals surface area (Å²) in [7, 11) is 0. The Labute approximate surface area is 127 Å². The van der Waals surface area contributed by atoms with E-state index in [9.17, 15) is 4.79 Å². The van der Waals surface area contributed by atoms with Crippen LogP contribution in [0.1, 0.15) is 15.9 Å². The van der Waals surface area contributed by atoms with Crippen LogP contribution in [0.5, 0.6) is 11.5 Å². The number of carbonyl (C=O) groups is 1. The van der Waals surface area contributed by atoms with E-state index in [4.69, 9.17) is 26.2 Å². The Balaban J connectivity index is 1.91. The van der Waals surface area contributed by atoms with Crippen molar-refractivity contribution in [3.8, 4) is 11.5 Å². The number of carboxylic acids is 1. The third kappa shape index (κ3) is 4.13. The maximum atomic E-state index is 11.0. The topological polar surface area (TPSA) is 55.8 Å². The molecule has 110 valence electrons. The van der Waals surface area contributed by atoms with Gasteiger partial charge in [-0.3, -0.25) is 0 Å². The van der Waals surface area contributed by atoms with E-state index in [0.717, 1.165) is 5.56 Å². The Morgan fingerprint density at radius 3 is 2.48 bits per heavy atom. The van der Waals surface area contributed by atoms with Crippen LogP contribution in [-0.2, 0) is 0 Å². The molecule has 5 heteroatoms. The van der Waals surface area contributed by atoms with E-state index in [0.29, 0.717) is 16.5 Å². The summed E-state index contributed by atoms with van der Waals surface area (Å²) < 4.78 is 11.0. The lowest BCUT2D eigenvalue weighted by Crippen LogP contribution is -2.11. The molecular formula is C16H15ClO4. The molecule has 0 bridgehead atoms. The smallest absolute Gasteiger partial charge is 0.339 e. The fourth-order valence-corrected chi connectivity index (χ4v) is 1.97. The number of hydrogen-bond acceptors (Lipinski definition) is 3. The highest BCUT2D eigenvalue weighted by Crippen LogP contribution is 2.25. The van der Waals surface area contributed by atoms with Crippen LogP contribution in [0.4, 0.5) is 0 Å². The number of benzene rings is 2. The summed E-state index contributed by atoms with van der Waals surface area (Å²) in [5, 5.41) is 9.57. The second kappa shape index (κ2) is 6.99. The Hall–Kier alpha value is -2.20. The molecule has 0 aromatic heterocycles. The van der Waals surface area contributed by atoms with Crippen molar-refractivity contribution < 1.29 is 19.4 Å². The van der Waals surface area contributed by atoms with Gasteiger partial charge in [0, 0.05) is 0 Å². The zero-order valence-electron chi connectivity index (χ0n) is 11.5. The van der Waals surface area contributed by atoms with Crippen molar-refractivity contribution in [2.75, 3.05) is 13.2 Å². The Kier molecular flexibility index (Phi) is 5.06. The van der Waals surface area contributed by atoms with Gasteiger partial charge in [0.1, 0.15) is 30.3 Å². The molecule has 21 heavy (non-hydrogen) atoms. The lowest BCUT2D eigenvalue weighted by molar-refractivity contribution is 0.0691. The summed E-state index contributed by atoms with van der Waals surface area (Å²) in [5.41, 5.74) is 1.18. The third-order valence-corrected chi connectivity index (χ3v) is 3.11. The number of hydrogen-bond donors (Lipinski definition) is 1. The van der Waals surface area contributed by atoms with Crippen LogP contribution in [0.2, 0.25) is 5.02 Å². The van der Waals surface area contributed by atoms with Gasteiger partial charge in [-0.2, -0.15) is 0 Å². The van der Waals surface area contributed by atoms with Crippen molar-refractivity contribution >= 4 is 17.6 Å². The van der Waals surface area contributed by atoms with Crippen LogP contribution in [0.15, 0.2) is 42.5 Å². The molecule has 0 radical (unpaired) electrons. The molecule has 0 amide bonds. The molecule has 0 spiro atoms. The molecule has 1 N–H and O–H groups in total. The standard InChI is InChI=1S/C16H15ClO4/c1-11-6-7-13(17)15(10-11)21-9-8-20-14-5-3-2-4-12(14)16(18)19/h2-7,10H,8-9H2,1H3,(H,18,19). The van der Waals surface area contributed by atoms with Crippen molar-refractivity contribution in [3.63, 3.8) is 0 Å². The van der Waals surface area contributed by atoms with Crippen molar-refractivity contribution in [2.45, 2.75) is 6.92 Å². The average Bonchev–Trinajstić information content (AvgIpc) is 2.47. The SMILES string of the molecule is Cc1ccc(Cl)c(OCCOc2ccccc2C(=O)O)c1. The minimum atomic E-state index is -1.02. The van der Waals surface area contributed by atoms with E-state index >= 15 is 0 Å². The number of aromatic carboxylic acids is 1. The summed E-state index contributed by atoms with van der Waals surface area (Å²) >= 11 is 6.02. The van der Waals surface area contributed by atoms with Gasteiger partial charge in [0.15, 0.2) is 0 Å². The number of rotatable bonds is 6. The zero-order chi connectivity index (χ0) is 15.2. The molecule has 0 aliphatic carbocycles. The molecule has 2 rings (SSSR count). The molecule has 0 heterocycles. The van der Waals surface area contributed by atoms with Gasteiger partial charge >= 0.3 is 5.97 Å². The summed E-state index contributed by atoms with van der Waals surface area (Å²) in [6.07, 6.45) is 0. The first-order chi connectivity index (χ1) is 10.1. The van der Waals surface area contributed by atoms with Crippen molar-refractivity contribution in [3.05, 3.63) is 58.6 Å². The molecule has 0 aliphatic heterocycles. The quantitative estimate of drug-likeness (QED) is 0.825. The summed E-state index contributed by atoms with van der Waals surface area (Å²) in [5.74, 6) is -0.107. The second-order valence-corrected chi connectivity index (χ2v) is 4.84. The zero-order valence-corrected chi connectivity index (χ0v) is 12.3. The largest absolute Gasteiger partial charge is 0.489 e. The van der Waals surface area contributed by atoms with E-state index in [-0.39, 0.29) is 18.8 Å². The molecule has 0 unspecified atom stereocenters. The second-order valence-electron chi connectivity index (χ2n) is 4.43. The molecule has 2 aromatic rings. The molecule has 2 aromatic carbocycles. The van der Waals surface area contributed by atoms with Gasteiger partial charge in [0.05, 0.1) is 5.02 Å². The maximum Gasteiger partial charge on any atom is 0.339 e. The lowest BCUT2D eigenvalue weighted by atomic mass is 10.2. The molecule has 0 saturated heterocycles. The van der Waals surface area contributed by atoms with E-state index in [1.165, 1.54) is 6.07 Å². The molecule has 4 nitrogen and oxygen atoms in total. The highest BCUT2D eigenvalue weighted by atomic mass is 35.5. The predicted octanol–water partition coefficient (Wildman–Crippen LogP) is 3.80. The van der Waals surface area contributed by atoms with Crippen LogP contribution in [0.3, 0.4) is 0 Å². The van der Waals surface area contributed by atoms with E-state index in [1.807, 2.05) is 19.1 Å². The van der Waals surface area contributed by atoms with Gasteiger partial charge in [-0.25, -0.2) is 4.79 Å². The molecular weight excluding hydrogens is 292 g/mol. The maximum absolute atomic E-state index is 11.0. The molecule has 0 fully saturated rings. The van der Waals surface area contributed by atoms with Gasteiger partial charge in [-0.05, 0) is 36.8 Å². The minimum Gasteiger partial charge on any atom is -0.489 e. The highest BCUT2D eigenvalue weighted by molar-refractivity contribution is 6.32. The predicted molar refractivity (Wildman–Crippen MR) is 80.6 cm³/mol. The van der Waals surface area contributed by atoms with E-state index in [1.54, 1.807) is 24.3 Å². The van der Waals surface area contributed by atoms with Gasteiger partial charge in [0.25, 0.3) is 0 Å². The Morgan fingerprint density at radius 1 is 1.10 bits per heavy atom. The average molecular weight is 307 g/mol. The summed E-state index contributed by atoms with van der Waals surface area (Å²) in [6, 6.07) is 12.0. The third-order valence-electron chi connectivity index (χ3n) is 2.80. The van der Waals surface area contributed by atoms with Gasteiger partial charge in [-0.1, -0.05) is 29.8 Å². The van der Waals surface area contributed by atoms with Crippen LogP contribution in [0, 0.1) is 6.92 Å². The molecule has 0 atom stereocenters. The molecule has 0 saturated carbocycles. The fourth-order valence-electron chi connectivity index (χ4n) is 1.79. The Morgan fingerprint density at radius 2 is 1.76 bits per heavy atom. The Bertz CT molecular complexity index is 640. The molecule has 0 aliphatic rings. The summed E-state index contributed by atoms with van der Waals surface area (Å²) in [6.45, 7) is 2.45. The van der Waals surface area contributed by atoms with E-state index < -0.39 is 5.97 Å². The van der Waals surface area contributed by atoms with Crippen LogP contribution in [0.25, 0.3) is 0 Å². The summed E-state index contributed by atoms with van der Waals surface area (Å²) in [4.78, 5) is 11.0. The number of halogens is 1. The van der Waals surface area contributed by atoms with Crippen molar-refractivity contribution in [1.29, 1.82) is 0 Å². The highest BCUT2D eigenvalue weighted by Gasteiger charge is 2.10. The first kappa shape index (κ1) is 15.2. The van der Waals surface area contributed by atoms with Crippen LogP contribution >= 0.6 is 11.6 Å². The van der Waals surface area contributed by atoms with E-state index in [2.05, 4.69) is 0 Å². The van der Waals surface area contributed by atoms with Crippen LogP contribution < -0.4 is 9.47 Å². The van der Waals surface area contributed by atoms with Crippen LogP contribution in [-0.4, -0.2) is 24.3 Å². The normalized spacial score (nSPS) is 10.2. The number of aryl methyl sites for hydroxylation is 1. The number of para-hydroxylation sites is 1. The van der Waals surface area contributed by atoms with Crippen molar-refractivity contribution in [2.24, 2.45) is 0 Å². The minimum absolute atomic E-state index is 0.131. The monoisotopic (exact) mass is 306 g/mol. The number of ether oxygens (including phenoxy) is 2. The van der Waals surface area contributed by atoms with Crippen molar-refractivity contribution in [1.82, 2.24) is 0 Å². The lowest BCUT2D eigenvalue weighted by Gasteiger charge is -2.11. The fraction of sp³-hybridized carbons (Fsp3) is 0.188. The van der Waals surface area contributed by atoms with Gasteiger partial charge in [-0.15, -0.1) is 0 Å².